The molecule has 0 saturated carbocycles. The van der Waals surface area contributed by atoms with E-state index in [1.807, 2.05) is 30.3 Å². The van der Waals surface area contributed by atoms with Crippen molar-refractivity contribution in [2.45, 2.75) is 24.8 Å². The fraction of sp³-hybridized carbons (Fsp3) is 0.294. The molecule has 1 atom stereocenters. The lowest BCUT2D eigenvalue weighted by molar-refractivity contribution is -0.158. The summed E-state index contributed by atoms with van der Waals surface area (Å²) in [5.74, 6) is 0. The van der Waals surface area contributed by atoms with Crippen LogP contribution < -0.4 is 0 Å². The van der Waals surface area contributed by atoms with Crippen molar-refractivity contribution in [3.8, 4) is 0 Å². The Morgan fingerprint density at radius 1 is 0.857 bits per heavy atom. The molecule has 0 saturated heterocycles. The van der Waals surface area contributed by atoms with Gasteiger partial charge in [-0.2, -0.15) is 0 Å². The summed E-state index contributed by atoms with van der Waals surface area (Å²) in [5.41, 5.74) is -0.645. The minimum absolute atomic E-state index is 0.0662. The molecule has 0 amide bonds. The summed E-state index contributed by atoms with van der Waals surface area (Å²) in [7, 11) is 0. The monoisotopic (exact) mass is 292 g/mol. The van der Waals surface area contributed by atoms with E-state index in [9.17, 15) is 8.78 Å². The van der Waals surface area contributed by atoms with E-state index in [0.717, 1.165) is 18.4 Å². The van der Waals surface area contributed by atoms with E-state index in [-0.39, 0.29) is 5.56 Å². The molecule has 21 heavy (non-hydrogen) atoms. The molecular formula is C17H18F2O2. The first kappa shape index (κ1) is 15.6. The van der Waals surface area contributed by atoms with Gasteiger partial charge < -0.3 is 10.2 Å². The van der Waals surface area contributed by atoms with E-state index in [4.69, 9.17) is 10.2 Å². The molecule has 2 nitrogen and oxygen atoms in total. The highest BCUT2D eigenvalue weighted by atomic mass is 19.2. The zero-order chi connectivity index (χ0) is 15.3. The number of benzene rings is 2. The van der Waals surface area contributed by atoms with Crippen molar-refractivity contribution in [1.29, 1.82) is 0 Å². The molecule has 0 aliphatic carbocycles. The van der Waals surface area contributed by atoms with Crippen LogP contribution in [0.3, 0.4) is 0 Å². The van der Waals surface area contributed by atoms with Gasteiger partial charge in [-0.15, -0.1) is 0 Å². The maximum absolute atomic E-state index is 14.1. The summed E-state index contributed by atoms with van der Waals surface area (Å²) in [6, 6.07) is 16.1. The van der Waals surface area contributed by atoms with Crippen LogP contribution >= 0.6 is 0 Å². The van der Waals surface area contributed by atoms with E-state index in [1.165, 1.54) is 17.7 Å². The van der Waals surface area contributed by atoms with Crippen LogP contribution in [-0.2, 0) is 18.5 Å². The molecule has 1 unspecified atom stereocenters. The Morgan fingerprint density at radius 2 is 1.38 bits per heavy atom. The summed E-state index contributed by atoms with van der Waals surface area (Å²) >= 11 is 0. The standard InChI is InChI=1S/C17H18F2O2/c18-12-17(19,16(20)21)15-10-8-14(9-11-15)7-6-13-4-2-1-3-5-13/h1-5,8-11,16,20-21H,6-7,12H2. The van der Waals surface area contributed by atoms with Crippen LogP contribution in [0.25, 0.3) is 0 Å². The van der Waals surface area contributed by atoms with E-state index in [2.05, 4.69) is 0 Å². The van der Waals surface area contributed by atoms with Crippen LogP contribution in [0.2, 0.25) is 0 Å². The second kappa shape index (κ2) is 6.78. The first-order valence-corrected chi connectivity index (χ1v) is 6.80. The van der Waals surface area contributed by atoms with Gasteiger partial charge in [0.15, 0.2) is 6.29 Å². The lowest BCUT2D eigenvalue weighted by atomic mass is 9.94. The van der Waals surface area contributed by atoms with Gasteiger partial charge in [0.2, 0.25) is 5.67 Å². The summed E-state index contributed by atoms with van der Waals surface area (Å²) < 4.78 is 26.8. The number of hydrogen-bond acceptors (Lipinski definition) is 2. The average molecular weight is 292 g/mol. The van der Waals surface area contributed by atoms with Gasteiger partial charge in [0.05, 0.1) is 0 Å². The molecule has 0 fully saturated rings. The van der Waals surface area contributed by atoms with Crippen LogP contribution in [0.4, 0.5) is 8.78 Å². The van der Waals surface area contributed by atoms with Crippen molar-refractivity contribution in [2.75, 3.05) is 6.67 Å². The predicted molar refractivity (Wildman–Crippen MR) is 77.3 cm³/mol. The highest BCUT2D eigenvalue weighted by Crippen LogP contribution is 2.30. The van der Waals surface area contributed by atoms with E-state index in [1.54, 1.807) is 12.1 Å². The first-order valence-electron chi connectivity index (χ1n) is 6.80. The van der Waals surface area contributed by atoms with Crippen molar-refractivity contribution < 1.29 is 19.0 Å². The maximum Gasteiger partial charge on any atom is 0.213 e. The predicted octanol–water partition coefficient (Wildman–Crippen LogP) is 2.92. The normalized spacial score (nSPS) is 14.1. The fourth-order valence-electron chi connectivity index (χ4n) is 2.18. The van der Waals surface area contributed by atoms with Gasteiger partial charge in [-0.25, -0.2) is 8.78 Å². The van der Waals surface area contributed by atoms with Gasteiger partial charge in [-0.05, 0) is 29.5 Å². The zero-order valence-corrected chi connectivity index (χ0v) is 11.5. The molecule has 0 aliphatic heterocycles. The van der Waals surface area contributed by atoms with E-state index in [0.29, 0.717) is 0 Å². The van der Waals surface area contributed by atoms with E-state index >= 15 is 0 Å². The Labute approximate surface area is 122 Å². The SMILES string of the molecule is OC(O)C(F)(CF)c1ccc(CCc2ccccc2)cc1. The molecule has 0 aliphatic rings. The number of alkyl halides is 2. The highest BCUT2D eigenvalue weighted by molar-refractivity contribution is 5.29. The number of halogens is 2. The molecule has 4 heteroatoms. The smallest absolute Gasteiger partial charge is 0.213 e. The molecule has 112 valence electrons. The van der Waals surface area contributed by atoms with Crippen LogP contribution in [0.15, 0.2) is 54.6 Å². The molecule has 0 spiro atoms. The highest BCUT2D eigenvalue weighted by Gasteiger charge is 2.39. The Bertz CT molecular complexity index is 555. The van der Waals surface area contributed by atoms with Crippen molar-refractivity contribution >= 4 is 0 Å². The van der Waals surface area contributed by atoms with Gasteiger partial charge in [0.25, 0.3) is 0 Å². The quantitative estimate of drug-likeness (QED) is 0.804. The number of rotatable bonds is 6. The van der Waals surface area contributed by atoms with Crippen molar-refractivity contribution in [3.63, 3.8) is 0 Å². The molecule has 2 aromatic rings. The van der Waals surface area contributed by atoms with Crippen LogP contribution in [0, 0.1) is 0 Å². The Kier molecular flexibility index (Phi) is 5.04. The molecule has 2 rings (SSSR count). The van der Waals surface area contributed by atoms with Gasteiger partial charge in [-0.1, -0.05) is 54.6 Å². The van der Waals surface area contributed by atoms with Crippen molar-refractivity contribution in [3.05, 3.63) is 71.3 Å². The van der Waals surface area contributed by atoms with Gasteiger partial charge in [0.1, 0.15) is 6.67 Å². The van der Waals surface area contributed by atoms with Gasteiger partial charge in [0, 0.05) is 0 Å². The van der Waals surface area contributed by atoms with Crippen LogP contribution in [0.1, 0.15) is 16.7 Å². The number of hydrogen-bond donors (Lipinski definition) is 2. The number of aryl methyl sites for hydroxylation is 2. The molecular weight excluding hydrogens is 274 g/mol. The first-order chi connectivity index (χ1) is 10.1. The summed E-state index contributed by atoms with van der Waals surface area (Å²) in [5, 5.41) is 18.0. The molecule has 0 aromatic heterocycles. The van der Waals surface area contributed by atoms with Crippen molar-refractivity contribution in [2.24, 2.45) is 0 Å². The fourth-order valence-corrected chi connectivity index (χ4v) is 2.18. The largest absolute Gasteiger partial charge is 0.365 e. The second-order valence-corrected chi connectivity index (χ2v) is 5.05. The molecule has 0 bridgehead atoms. The maximum atomic E-state index is 14.1. The van der Waals surface area contributed by atoms with E-state index < -0.39 is 18.6 Å². The topological polar surface area (TPSA) is 40.5 Å². The molecule has 2 N–H and O–H groups in total. The lowest BCUT2D eigenvalue weighted by Gasteiger charge is -2.24. The Hall–Kier alpha value is -1.78. The minimum Gasteiger partial charge on any atom is -0.365 e. The van der Waals surface area contributed by atoms with Gasteiger partial charge in [-0.3, -0.25) is 0 Å². The molecule has 0 heterocycles. The Balaban J connectivity index is 2.05. The summed E-state index contributed by atoms with van der Waals surface area (Å²) in [6.07, 6.45) is -0.745. The third-order valence-electron chi connectivity index (χ3n) is 3.58. The van der Waals surface area contributed by atoms with Crippen molar-refractivity contribution in [1.82, 2.24) is 0 Å². The van der Waals surface area contributed by atoms with Crippen LogP contribution in [0.5, 0.6) is 0 Å². The number of aliphatic hydroxyl groups excluding tert-OH is 1. The average Bonchev–Trinajstić information content (AvgIpc) is 2.53. The third-order valence-corrected chi connectivity index (χ3v) is 3.58. The third kappa shape index (κ3) is 3.65. The Morgan fingerprint density at radius 3 is 1.86 bits per heavy atom. The lowest BCUT2D eigenvalue weighted by Crippen LogP contribution is -2.37. The second-order valence-electron chi connectivity index (χ2n) is 5.05. The molecule has 2 aromatic carbocycles. The zero-order valence-electron chi connectivity index (χ0n) is 11.5. The summed E-state index contributed by atoms with van der Waals surface area (Å²) in [4.78, 5) is 0. The minimum atomic E-state index is -2.77. The number of aliphatic hydroxyl groups is 2. The molecule has 0 radical (unpaired) electrons. The van der Waals surface area contributed by atoms with Gasteiger partial charge >= 0.3 is 0 Å². The summed E-state index contributed by atoms with van der Waals surface area (Å²) in [6.45, 7) is -1.48. The van der Waals surface area contributed by atoms with Crippen LogP contribution in [-0.4, -0.2) is 23.2 Å².